The van der Waals surface area contributed by atoms with Crippen molar-refractivity contribution in [2.24, 2.45) is 5.10 Å². The maximum atomic E-state index is 10.8. The van der Waals surface area contributed by atoms with E-state index in [4.69, 9.17) is 19.3 Å². The van der Waals surface area contributed by atoms with Crippen molar-refractivity contribution in [1.82, 2.24) is 0 Å². The number of phenols is 1. The second-order valence-electron chi connectivity index (χ2n) is 8.08. The second kappa shape index (κ2) is 8.98. The Morgan fingerprint density at radius 2 is 1.47 bits per heavy atom. The topological polar surface area (TPSA) is 63.5 Å². The van der Waals surface area contributed by atoms with E-state index in [1.165, 1.54) is 10.8 Å². The van der Waals surface area contributed by atoms with Crippen LogP contribution in [0.3, 0.4) is 0 Å². The molecule has 4 aromatic rings. The molecule has 6 heteroatoms. The minimum atomic E-state index is -0.0927. The highest BCUT2D eigenvalue weighted by atomic mass is 16.5. The minimum absolute atomic E-state index is 0.0925. The molecule has 0 aliphatic carbocycles. The Kier molecular flexibility index (Phi) is 5.72. The maximum Gasteiger partial charge on any atom is 0.164 e. The molecular formula is C28H26N2O4. The van der Waals surface area contributed by atoms with Gasteiger partial charge in [0.05, 0.1) is 33.1 Å². The Bertz CT molecular complexity index is 1380. The molecular weight excluding hydrogens is 428 g/mol. The number of benzene rings is 4. The molecule has 1 unspecified atom stereocenters. The lowest BCUT2D eigenvalue weighted by atomic mass is 9.93. The molecule has 4 aromatic carbocycles. The van der Waals surface area contributed by atoms with Crippen molar-refractivity contribution < 1.29 is 19.3 Å². The number of hydrazone groups is 1. The van der Waals surface area contributed by atoms with E-state index in [2.05, 4.69) is 36.4 Å². The van der Waals surface area contributed by atoms with Gasteiger partial charge in [-0.05, 0) is 34.5 Å². The van der Waals surface area contributed by atoms with Crippen LogP contribution in [0.5, 0.6) is 23.0 Å². The average molecular weight is 455 g/mol. The van der Waals surface area contributed by atoms with Gasteiger partial charge in [0, 0.05) is 18.1 Å². The summed E-state index contributed by atoms with van der Waals surface area (Å²) < 4.78 is 16.5. The molecule has 1 heterocycles. The van der Waals surface area contributed by atoms with Crippen LogP contribution in [0, 0.1) is 0 Å². The fourth-order valence-corrected chi connectivity index (χ4v) is 4.60. The first-order valence-corrected chi connectivity index (χ1v) is 11.1. The lowest BCUT2D eigenvalue weighted by Gasteiger charge is -2.26. The lowest BCUT2D eigenvalue weighted by molar-refractivity contribution is 0.351. The monoisotopic (exact) mass is 454 g/mol. The van der Waals surface area contributed by atoms with E-state index in [0.717, 1.165) is 22.7 Å². The Morgan fingerprint density at radius 1 is 0.794 bits per heavy atom. The molecule has 0 amide bonds. The summed E-state index contributed by atoms with van der Waals surface area (Å²) in [5, 5.41) is 20.2. The van der Waals surface area contributed by atoms with Crippen molar-refractivity contribution in [3.05, 3.63) is 90.0 Å². The molecule has 0 bridgehead atoms. The van der Waals surface area contributed by atoms with Gasteiger partial charge in [0.25, 0.3) is 0 Å². The number of aromatic hydroxyl groups is 1. The summed E-state index contributed by atoms with van der Waals surface area (Å²) in [7, 11) is 4.78. The smallest absolute Gasteiger partial charge is 0.164 e. The highest BCUT2D eigenvalue weighted by Crippen LogP contribution is 2.44. The van der Waals surface area contributed by atoms with Crippen LogP contribution in [-0.2, 0) is 0 Å². The molecule has 6 nitrogen and oxygen atoms in total. The quantitative estimate of drug-likeness (QED) is 0.391. The van der Waals surface area contributed by atoms with Crippen LogP contribution in [-0.4, -0.2) is 32.1 Å². The van der Waals surface area contributed by atoms with Crippen LogP contribution in [0.1, 0.15) is 23.6 Å². The number of nitrogens with zero attached hydrogens (tertiary/aromatic N) is 2. The highest BCUT2D eigenvalue weighted by Gasteiger charge is 2.33. The van der Waals surface area contributed by atoms with Crippen LogP contribution in [0.2, 0.25) is 0 Å². The number of hydrogen-bond donors (Lipinski definition) is 1. The average Bonchev–Trinajstić information content (AvgIpc) is 3.32. The van der Waals surface area contributed by atoms with E-state index in [0.29, 0.717) is 23.5 Å². The number of anilines is 1. The minimum Gasteiger partial charge on any atom is -0.507 e. The van der Waals surface area contributed by atoms with Gasteiger partial charge in [-0.25, -0.2) is 0 Å². The van der Waals surface area contributed by atoms with E-state index in [9.17, 15) is 5.11 Å². The zero-order valence-corrected chi connectivity index (χ0v) is 19.4. The fourth-order valence-electron chi connectivity index (χ4n) is 4.60. The van der Waals surface area contributed by atoms with Gasteiger partial charge in [-0.1, -0.05) is 54.6 Å². The molecule has 0 spiro atoms. The molecule has 0 fully saturated rings. The Hall–Kier alpha value is -4.19. The maximum absolute atomic E-state index is 10.8. The van der Waals surface area contributed by atoms with Gasteiger partial charge >= 0.3 is 0 Å². The molecule has 1 atom stereocenters. The molecule has 1 aliphatic rings. The van der Waals surface area contributed by atoms with E-state index >= 15 is 0 Å². The molecule has 0 radical (unpaired) electrons. The second-order valence-corrected chi connectivity index (χ2v) is 8.08. The largest absolute Gasteiger partial charge is 0.507 e. The SMILES string of the molecule is COc1cc(O)c(C2=NN(c3ccccc3OC)C(c3cccc4ccccc34)C2)cc1OC. The Labute approximate surface area is 198 Å². The van der Waals surface area contributed by atoms with Crippen LogP contribution >= 0.6 is 0 Å². The first-order chi connectivity index (χ1) is 16.6. The summed E-state index contributed by atoms with van der Waals surface area (Å²) in [6.07, 6.45) is 0.592. The van der Waals surface area contributed by atoms with E-state index in [1.807, 2.05) is 35.3 Å². The van der Waals surface area contributed by atoms with Crippen LogP contribution in [0.25, 0.3) is 10.8 Å². The van der Waals surface area contributed by atoms with E-state index in [-0.39, 0.29) is 11.8 Å². The first kappa shape index (κ1) is 21.6. The number of fused-ring (bicyclic) bond motifs is 1. The zero-order valence-electron chi connectivity index (χ0n) is 19.4. The summed E-state index contributed by atoms with van der Waals surface area (Å²) >= 11 is 0. The molecule has 5 rings (SSSR count). The summed E-state index contributed by atoms with van der Waals surface area (Å²) in [4.78, 5) is 0. The van der Waals surface area contributed by atoms with Crippen molar-refractivity contribution in [2.45, 2.75) is 12.5 Å². The van der Waals surface area contributed by atoms with Gasteiger partial charge < -0.3 is 19.3 Å². The van der Waals surface area contributed by atoms with Gasteiger partial charge in [-0.15, -0.1) is 0 Å². The van der Waals surface area contributed by atoms with Crippen LogP contribution in [0.4, 0.5) is 5.69 Å². The van der Waals surface area contributed by atoms with Gasteiger partial charge in [0.2, 0.25) is 0 Å². The third kappa shape index (κ3) is 3.67. The van der Waals surface area contributed by atoms with Crippen molar-refractivity contribution in [1.29, 1.82) is 0 Å². The third-order valence-electron chi connectivity index (χ3n) is 6.24. The number of phenolic OH excluding ortho intramolecular Hbond substituents is 1. The van der Waals surface area contributed by atoms with Crippen LogP contribution < -0.4 is 19.2 Å². The first-order valence-electron chi connectivity index (χ1n) is 11.1. The number of para-hydroxylation sites is 2. The predicted octanol–water partition coefficient (Wildman–Crippen LogP) is 5.93. The molecule has 0 saturated heterocycles. The van der Waals surface area contributed by atoms with E-state index < -0.39 is 0 Å². The summed E-state index contributed by atoms with van der Waals surface area (Å²) in [6, 6.07) is 25.8. The summed E-state index contributed by atoms with van der Waals surface area (Å²) in [5.74, 6) is 1.83. The number of methoxy groups -OCH3 is 3. The summed E-state index contributed by atoms with van der Waals surface area (Å²) in [6.45, 7) is 0. The van der Waals surface area contributed by atoms with Crippen molar-refractivity contribution in [3.8, 4) is 23.0 Å². The van der Waals surface area contributed by atoms with Crippen molar-refractivity contribution in [2.75, 3.05) is 26.3 Å². The predicted molar refractivity (Wildman–Crippen MR) is 135 cm³/mol. The molecule has 1 N–H and O–H groups in total. The number of hydrogen-bond acceptors (Lipinski definition) is 6. The Balaban J connectivity index is 1.68. The van der Waals surface area contributed by atoms with Gasteiger partial charge in [0.15, 0.2) is 11.5 Å². The standard InChI is InChI=1S/C28H26N2O4/c1-32-26-14-7-6-13-23(26)30-24(20-12-8-10-18-9-4-5-11-19(18)20)16-22(29-30)21-15-27(33-2)28(34-3)17-25(21)31/h4-15,17,24,31H,16H2,1-3H3. The van der Waals surface area contributed by atoms with E-state index in [1.54, 1.807) is 33.5 Å². The van der Waals surface area contributed by atoms with Crippen molar-refractivity contribution in [3.63, 3.8) is 0 Å². The molecule has 0 saturated carbocycles. The van der Waals surface area contributed by atoms with Gasteiger partial charge in [-0.3, -0.25) is 5.01 Å². The Morgan fingerprint density at radius 3 is 2.26 bits per heavy atom. The normalized spacial score (nSPS) is 15.3. The highest BCUT2D eigenvalue weighted by molar-refractivity contribution is 6.06. The number of ether oxygens (including phenoxy) is 3. The van der Waals surface area contributed by atoms with Gasteiger partial charge in [0.1, 0.15) is 17.2 Å². The third-order valence-corrected chi connectivity index (χ3v) is 6.24. The van der Waals surface area contributed by atoms with Crippen molar-refractivity contribution >= 4 is 22.2 Å². The summed E-state index contributed by atoms with van der Waals surface area (Å²) in [5.41, 5.74) is 3.38. The van der Waals surface area contributed by atoms with Crippen LogP contribution in [0.15, 0.2) is 84.0 Å². The van der Waals surface area contributed by atoms with Gasteiger partial charge in [-0.2, -0.15) is 5.10 Å². The fraction of sp³-hybridized carbons (Fsp3) is 0.179. The number of rotatable bonds is 6. The molecule has 1 aliphatic heterocycles. The molecule has 34 heavy (non-hydrogen) atoms. The molecule has 0 aromatic heterocycles. The lowest BCUT2D eigenvalue weighted by Crippen LogP contribution is -2.19. The zero-order chi connectivity index (χ0) is 23.7. The molecule has 172 valence electrons.